The Morgan fingerprint density at radius 2 is 1.91 bits per heavy atom. The Labute approximate surface area is 148 Å². The molecule has 0 aromatic heterocycles. The summed E-state index contributed by atoms with van der Waals surface area (Å²) in [5.74, 6) is -0.688. The molecule has 2 rings (SSSR count). The number of rotatable bonds is 5. The van der Waals surface area contributed by atoms with E-state index in [-0.39, 0.29) is 19.0 Å². The third kappa shape index (κ3) is 5.08. The van der Waals surface area contributed by atoms with Gasteiger partial charge in [0.25, 0.3) is 0 Å². The van der Waals surface area contributed by atoms with E-state index >= 15 is 0 Å². The molecule has 3 nitrogen and oxygen atoms in total. The van der Waals surface area contributed by atoms with Crippen molar-refractivity contribution < 1.29 is 9.18 Å². The van der Waals surface area contributed by atoms with Gasteiger partial charge in [0.1, 0.15) is 5.82 Å². The summed E-state index contributed by atoms with van der Waals surface area (Å²) in [4.78, 5) is 13.7. The molecule has 2 aromatic rings. The predicted molar refractivity (Wildman–Crippen MR) is 92.8 cm³/mol. The van der Waals surface area contributed by atoms with Crippen molar-refractivity contribution in [2.24, 2.45) is 0 Å². The molecule has 0 aliphatic heterocycles. The first-order valence-corrected chi connectivity index (χ1v) is 7.86. The van der Waals surface area contributed by atoms with Crippen molar-refractivity contribution in [1.82, 2.24) is 4.90 Å². The molecule has 2 aromatic carbocycles. The normalized spacial score (nSPS) is 10.9. The molecule has 0 bridgehead atoms. The van der Waals surface area contributed by atoms with Gasteiger partial charge in [0.05, 0.1) is 17.3 Å². The van der Waals surface area contributed by atoms with Gasteiger partial charge in [0, 0.05) is 22.2 Å². The van der Waals surface area contributed by atoms with Crippen LogP contribution in [-0.2, 0) is 11.3 Å². The van der Waals surface area contributed by atoms with Crippen LogP contribution in [-0.4, -0.2) is 24.4 Å². The van der Waals surface area contributed by atoms with Crippen molar-refractivity contribution in [3.05, 3.63) is 62.8 Å². The molecule has 0 spiro atoms. The van der Waals surface area contributed by atoms with Crippen LogP contribution in [0.15, 0.2) is 36.4 Å². The molecule has 0 radical (unpaired) electrons. The van der Waals surface area contributed by atoms with E-state index in [2.05, 4.69) is 5.32 Å². The van der Waals surface area contributed by atoms with Crippen LogP contribution in [0.2, 0.25) is 15.1 Å². The minimum absolute atomic E-state index is 0.0491. The molecule has 0 aliphatic carbocycles. The monoisotopic (exact) mass is 374 g/mol. The number of hydrogen-bond donors (Lipinski definition) is 1. The SMILES string of the molecule is CN(CC(=O)Nc1cc(Cl)ccc1Cl)Cc1c(F)cccc1Cl. The number of anilines is 1. The molecule has 0 unspecified atom stereocenters. The van der Waals surface area contributed by atoms with Gasteiger partial charge in [-0.1, -0.05) is 40.9 Å². The van der Waals surface area contributed by atoms with Crippen LogP contribution in [0.3, 0.4) is 0 Å². The maximum Gasteiger partial charge on any atom is 0.238 e. The van der Waals surface area contributed by atoms with Crippen LogP contribution < -0.4 is 5.32 Å². The fourth-order valence-electron chi connectivity index (χ4n) is 2.04. The number of likely N-dealkylation sites (N-methyl/N-ethyl adjacent to an activating group) is 1. The molecule has 0 aliphatic rings. The second kappa shape index (κ2) is 7.97. The highest BCUT2D eigenvalue weighted by Gasteiger charge is 2.13. The van der Waals surface area contributed by atoms with Gasteiger partial charge in [0.15, 0.2) is 0 Å². The molecule has 122 valence electrons. The average Bonchev–Trinajstić information content (AvgIpc) is 2.47. The Balaban J connectivity index is 1.98. The summed E-state index contributed by atoms with van der Waals surface area (Å²) in [5.41, 5.74) is 0.784. The summed E-state index contributed by atoms with van der Waals surface area (Å²) >= 11 is 17.8. The minimum atomic E-state index is -0.400. The number of amides is 1. The Hall–Kier alpha value is -1.33. The topological polar surface area (TPSA) is 32.3 Å². The maximum atomic E-state index is 13.7. The second-order valence-corrected chi connectivity index (χ2v) is 6.30. The zero-order valence-corrected chi connectivity index (χ0v) is 14.5. The summed E-state index contributed by atoms with van der Waals surface area (Å²) in [6.45, 7) is 0.260. The van der Waals surface area contributed by atoms with Crippen molar-refractivity contribution in [2.45, 2.75) is 6.54 Å². The van der Waals surface area contributed by atoms with Crippen LogP contribution in [0.25, 0.3) is 0 Å². The molecule has 1 amide bonds. The number of benzene rings is 2. The highest BCUT2D eigenvalue weighted by Crippen LogP contribution is 2.25. The third-order valence-corrected chi connectivity index (χ3v) is 4.02. The maximum absolute atomic E-state index is 13.7. The molecule has 0 saturated heterocycles. The predicted octanol–water partition coefficient (Wildman–Crippen LogP) is 4.86. The second-order valence-electron chi connectivity index (χ2n) is 5.04. The number of carbonyl (C=O) groups excluding carboxylic acids is 1. The first-order chi connectivity index (χ1) is 10.9. The van der Waals surface area contributed by atoms with Crippen molar-refractivity contribution in [1.29, 1.82) is 0 Å². The molecule has 1 N–H and O–H groups in total. The van der Waals surface area contributed by atoms with Gasteiger partial charge < -0.3 is 5.32 Å². The summed E-state index contributed by atoms with van der Waals surface area (Å²) in [6.07, 6.45) is 0. The van der Waals surface area contributed by atoms with Gasteiger partial charge in [-0.15, -0.1) is 0 Å². The Kier molecular flexibility index (Phi) is 6.25. The summed E-state index contributed by atoms with van der Waals surface area (Å²) < 4.78 is 13.7. The number of nitrogens with zero attached hydrogens (tertiary/aromatic N) is 1. The zero-order chi connectivity index (χ0) is 17.0. The van der Waals surface area contributed by atoms with Crippen LogP contribution in [0.4, 0.5) is 10.1 Å². The first-order valence-electron chi connectivity index (χ1n) is 6.73. The van der Waals surface area contributed by atoms with E-state index in [1.165, 1.54) is 12.1 Å². The molecule has 0 heterocycles. The summed E-state index contributed by atoms with van der Waals surface area (Å²) in [7, 11) is 1.70. The molecular formula is C16H14Cl3FN2O. The minimum Gasteiger partial charge on any atom is -0.324 e. The number of halogens is 4. The highest BCUT2D eigenvalue weighted by molar-refractivity contribution is 6.35. The van der Waals surface area contributed by atoms with E-state index in [4.69, 9.17) is 34.8 Å². The summed E-state index contributed by atoms with van der Waals surface area (Å²) in [5, 5.41) is 3.86. The number of hydrogen-bond acceptors (Lipinski definition) is 2. The molecule has 0 fully saturated rings. The van der Waals surface area contributed by atoms with Gasteiger partial charge in [-0.05, 0) is 37.4 Å². The quantitative estimate of drug-likeness (QED) is 0.809. The number of nitrogens with one attached hydrogen (secondary N) is 1. The molecule has 23 heavy (non-hydrogen) atoms. The first kappa shape index (κ1) is 18.0. The Morgan fingerprint density at radius 3 is 2.61 bits per heavy atom. The highest BCUT2D eigenvalue weighted by atomic mass is 35.5. The largest absolute Gasteiger partial charge is 0.324 e. The smallest absolute Gasteiger partial charge is 0.238 e. The van der Waals surface area contributed by atoms with Gasteiger partial charge in [-0.2, -0.15) is 0 Å². The van der Waals surface area contributed by atoms with E-state index < -0.39 is 5.82 Å². The van der Waals surface area contributed by atoms with Crippen LogP contribution in [0.5, 0.6) is 0 Å². The molecule has 0 atom stereocenters. The lowest BCUT2D eigenvalue weighted by Gasteiger charge is -2.18. The van der Waals surface area contributed by atoms with Crippen molar-refractivity contribution in [3.63, 3.8) is 0 Å². The zero-order valence-electron chi connectivity index (χ0n) is 12.2. The third-order valence-electron chi connectivity index (χ3n) is 3.11. The van der Waals surface area contributed by atoms with E-state index in [0.717, 1.165) is 0 Å². The van der Waals surface area contributed by atoms with Crippen molar-refractivity contribution in [3.8, 4) is 0 Å². The lowest BCUT2D eigenvalue weighted by Crippen LogP contribution is -2.30. The Morgan fingerprint density at radius 1 is 1.17 bits per heavy atom. The molecular weight excluding hydrogens is 362 g/mol. The van der Waals surface area contributed by atoms with E-state index in [9.17, 15) is 9.18 Å². The van der Waals surface area contributed by atoms with Gasteiger partial charge in [-0.3, -0.25) is 9.69 Å². The lowest BCUT2D eigenvalue weighted by molar-refractivity contribution is -0.117. The van der Waals surface area contributed by atoms with Crippen LogP contribution in [0, 0.1) is 5.82 Å². The van der Waals surface area contributed by atoms with E-state index in [1.807, 2.05) is 0 Å². The fourth-order valence-corrected chi connectivity index (χ4v) is 2.60. The standard InChI is InChI=1S/C16H14Cl3FN2O/c1-22(8-11-12(18)3-2-4-14(11)20)9-16(23)21-15-7-10(17)5-6-13(15)19/h2-7H,8-9H2,1H3,(H,21,23). The van der Waals surface area contributed by atoms with Gasteiger partial charge >= 0.3 is 0 Å². The fraction of sp³-hybridized carbons (Fsp3) is 0.188. The summed E-state index contributed by atoms with van der Waals surface area (Å²) in [6, 6.07) is 9.28. The van der Waals surface area contributed by atoms with E-state index in [0.29, 0.717) is 26.3 Å². The van der Waals surface area contributed by atoms with E-state index in [1.54, 1.807) is 36.2 Å². The molecule has 7 heteroatoms. The van der Waals surface area contributed by atoms with Crippen LogP contribution in [0.1, 0.15) is 5.56 Å². The van der Waals surface area contributed by atoms with Gasteiger partial charge in [0.2, 0.25) is 5.91 Å². The van der Waals surface area contributed by atoms with Crippen molar-refractivity contribution in [2.75, 3.05) is 18.9 Å². The molecule has 0 saturated carbocycles. The van der Waals surface area contributed by atoms with Gasteiger partial charge in [-0.25, -0.2) is 4.39 Å². The Bertz CT molecular complexity index is 704. The lowest BCUT2D eigenvalue weighted by atomic mass is 10.2. The van der Waals surface area contributed by atoms with Crippen LogP contribution >= 0.6 is 34.8 Å². The van der Waals surface area contributed by atoms with Crippen molar-refractivity contribution >= 4 is 46.4 Å². The average molecular weight is 376 g/mol. The number of carbonyl (C=O) groups is 1.